The fraction of sp³-hybridized carbons (Fsp3) is 0.150. The van der Waals surface area contributed by atoms with Crippen molar-refractivity contribution in [1.29, 1.82) is 0 Å². The number of halogens is 2. The van der Waals surface area contributed by atoms with E-state index in [1.54, 1.807) is 0 Å². The number of urea groups is 1. The number of amides is 3. The molecule has 0 aromatic heterocycles. The van der Waals surface area contributed by atoms with E-state index in [1.807, 2.05) is 43.3 Å². The molecule has 0 aliphatic carbocycles. The molecule has 2 N–H and O–H groups in total. The predicted octanol–water partition coefficient (Wildman–Crippen LogP) is 3.76. The molecule has 2 aromatic carbocycles. The van der Waals surface area contributed by atoms with Gasteiger partial charge in [0.2, 0.25) is 0 Å². The summed E-state index contributed by atoms with van der Waals surface area (Å²) in [4.78, 5) is 35.5. The van der Waals surface area contributed by atoms with Crippen molar-refractivity contribution in [2.75, 3.05) is 6.54 Å². The summed E-state index contributed by atoms with van der Waals surface area (Å²) in [6.07, 6.45) is 1.52. The highest BCUT2D eigenvalue weighted by atomic mass is 127. The first-order chi connectivity index (χ1) is 13.7. The van der Waals surface area contributed by atoms with Crippen LogP contribution in [0.2, 0.25) is 0 Å². The van der Waals surface area contributed by atoms with Crippen LogP contribution in [0.4, 0.5) is 4.79 Å². The molecular formula is C20H16I2N2O5. The molecule has 7 nitrogen and oxygen atoms in total. The van der Waals surface area contributed by atoms with Crippen LogP contribution in [0, 0.1) is 14.1 Å². The second-order valence-corrected chi connectivity index (χ2v) is 8.69. The van der Waals surface area contributed by atoms with Gasteiger partial charge in [-0.05, 0) is 81.4 Å². The molecule has 1 aliphatic heterocycles. The SMILES string of the molecule is Cc1ccc(COc2c(I)cc(/C=C3/NC(=O)N(CC(=O)O)C3=O)cc2I)cc1. The third kappa shape index (κ3) is 5.26. The van der Waals surface area contributed by atoms with E-state index >= 15 is 0 Å². The van der Waals surface area contributed by atoms with Gasteiger partial charge in [-0.15, -0.1) is 0 Å². The zero-order valence-electron chi connectivity index (χ0n) is 15.2. The number of hydrogen-bond acceptors (Lipinski definition) is 4. The van der Waals surface area contributed by atoms with Crippen molar-refractivity contribution in [3.8, 4) is 5.75 Å². The monoisotopic (exact) mass is 618 g/mol. The molecule has 0 radical (unpaired) electrons. The van der Waals surface area contributed by atoms with Gasteiger partial charge in [-0.3, -0.25) is 9.59 Å². The summed E-state index contributed by atoms with van der Waals surface area (Å²) in [5.41, 5.74) is 2.98. The van der Waals surface area contributed by atoms with Gasteiger partial charge in [0.05, 0.1) is 7.14 Å². The molecule has 0 unspecified atom stereocenters. The fourth-order valence-electron chi connectivity index (χ4n) is 2.66. The minimum absolute atomic E-state index is 0.0381. The molecule has 1 aliphatic rings. The lowest BCUT2D eigenvalue weighted by Crippen LogP contribution is -2.35. The number of carbonyl (C=O) groups is 3. The van der Waals surface area contributed by atoms with Crippen molar-refractivity contribution in [2.45, 2.75) is 13.5 Å². The summed E-state index contributed by atoms with van der Waals surface area (Å²) in [5.74, 6) is -1.18. The van der Waals surface area contributed by atoms with Gasteiger partial charge < -0.3 is 15.2 Å². The number of aliphatic carboxylic acids is 1. The standard InChI is InChI=1S/C20H16I2N2O5/c1-11-2-4-12(5-3-11)10-29-18-14(21)6-13(7-15(18)22)8-16-19(27)24(9-17(25)26)20(28)23-16/h2-8H,9-10H2,1H3,(H,23,28)(H,25,26)/b16-8+. The molecule has 9 heteroatoms. The van der Waals surface area contributed by atoms with Gasteiger partial charge >= 0.3 is 12.0 Å². The number of nitrogens with zero attached hydrogens (tertiary/aromatic N) is 1. The number of benzene rings is 2. The number of carboxylic acid groups (broad SMARTS) is 1. The van der Waals surface area contributed by atoms with E-state index in [9.17, 15) is 14.4 Å². The van der Waals surface area contributed by atoms with Gasteiger partial charge in [0.25, 0.3) is 5.91 Å². The molecule has 29 heavy (non-hydrogen) atoms. The Kier molecular flexibility index (Phi) is 6.77. The second-order valence-electron chi connectivity index (χ2n) is 6.36. The summed E-state index contributed by atoms with van der Waals surface area (Å²) >= 11 is 4.31. The minimum atomic E-state index is -1.26. The van der Waals surface area contributed by atoms with E-state index < -0.39 is 24.5 Å². The Morgan fingerprint density at radius 2 is 1.79 bits per heavy atom. The third-order valence-corrected chi connectivity index (χ3v) is 5.69. The van der Waals surface area contributed by atoms with Gasteiger partial charge in [0.1, 0.15) is 24.6 Å². The van der Waals surface area contributed by atoms with Crippen molar-refractivity contribution in [1.82, 2.24) is 10.2 Å². The summed E-state index contributed by atoms with van der Waals surface area (Å²) in [6, 6.07) is 11.0. The highest BCUT2D eigenvalue weighted by molar-refractivity contribution is 14.1. The zero-order valence-corrected chi connectivity index (χ0v) is 19.6. The van der Waals surface area contributed by atoms with Crippen LogP contribution < -0.4 is 10.1 Å². The first kappa shape index (κ1) is 21.6. The predicted molar refractivity (Wildman–Crippen MR) is 123 cm³/mol. The van der Waals surface area contributed by atoms with E-state index in [2.05, 4.69) is 50.5 Å². The Hall–Kier alpha value is -2.15. The number of nitrogens with one attached hydrogen (secondary N) is 1. The van der Waals surface area contributed by atoms with Gasteiger partial charge in [-0.1, -0.05) is 29.8 Å². The van der Waals surface area contributed by atoms with Crippen LogP contribution in [0.1, 0.15) is 16.7 Å². The maximum atomic E-state index is 12.3. The average Bonchev–Trinajstić information content (AvgIpc) is 2.89. The van der Waals surface area contributed by atoms with Crippen LogP contribution in [-0.4, -0.2) is 34.5 Å². The van der Waals surface area contributed by atoms with Crippen molar-refractivity contribution < 1.29 is 24.2 Å². The number of hydrogen-bond donors (Lipinski definition) is 2. The minimum Gasteiger partial charge on any atom is -0.487 e. The highest BCUT2D eigenvalue weighted by Gasteiger charge is 2.34. The van der Waals surface area contributed by atoms with Gasteiger partial charge in [0.15, 0.2) is 0 Å². The van der Waals surface area contributed by atoms with Crippen LogP contribution in [0.5, 0.6) is 5.75 Å². The number of carboxylic acids is 1. The lowest BCUT2D eigenvalue weighted by atomic mass is 10.1. The highest BCUT2D eigenvalue weighted by Crippen LogP contribution is 2.31. The topological polar surface area (TPSA) is 95.9 Å². The maximum absolute atomic E-state index is 12.3. The maximum Gasteiger partial charge on any atom is 0.329 e. The summed E-state index contributed by atoms with van der Waals surface area (Å²) in [5, 5.41) is 11.2. The third-order valence-electron chi connectivity index (χ3n) is 4.09. The summed E-state index contributed by atoms with van der Waals surface area (Å²) < 4.78 is 7.68. The Balaban J connectivity index is 1.77. The van der Waals surface area contributed by atoms with Gasteiger partial charge in [-0.2, -0.15) is 0 Å². The average molecular weight is 618 g/mol. The zero-order chi connectivity index (χ0) is 21.1. The van der Waals surface area contributed by atoms with E-state index in [-0.39, 0.29) is 5.70 Å². The molecule has 0 atom stereocenters. The molecule has 0 spiro atoms. The molecule has 0 saturated carbocycles. The molecule has 1 heterocycles. The van der Waals surface area contributed by atoms with Gasteiger partial charge in [-0.25, -0.2) is 9.69 Å². The lowest BCUT2D eigenvalue weighted by molar-refractivity contribution is -0.140. The Labute approximate surface area is 194 Å². The van der Waals surface area contributed by atoms with E-state index in [0.29, 0.717) is 17.1 Å². The molecule has 1 saturated heterocycles. The molecule has 0 bridgehead atoms. The van der Waals surface area contributed by atoms with Crippen molar-refractivity contribution in [3.05, 3.63) is 65.9 Å². The largest absolute Gasteiger partial charge is 0.487 e. The van der Waals surface area contributed by atoms with Crippen LogP contribution in [0.25, 0.3) is 6.08 Å². The van der Waals surface area contributed by atoms with Crippen LogP contribution >= 0.6 is 45.2 Å². The number of carbonyl (C=O) groups excluding carboxylic acids is 2. The lowest BCUT2D eigenvalue weighted by Gasteiger charge is -2.12. The van der Waals surface area contributed by atoms with E-state index in [1.165, 1.54) is 11.6 Å². The molecular weight excluding hydrogens is 602 g/mol. The van der Waals surface area contributed by atoms with Gasteiger partial charge in [0, 0.05) is 0 Å². The Morgan fingerprint density at radius 1 is 1.17 bits per heavy atom. The molecule has 3 rings (SSSR count). The van der Waals surface area contributed by atoms with Crippen molar-refractivity contribution >= 4 is 69.2 Å². The normalized spacial score (nSPS) is 15.0. The molecule has 150 valence electrons. The fourth-order valence-corrected chi connectivity index (χ4v) is 4.79. The van der Waals surface area contributed by atoms with Crippen molar-refractivity contribution in [2.24, 2.45) is 0 Å². The van der Waals surface area contributed by atoms with E-state index in [0.717, 1.165) is 18.5 Å². The first-order valence-corrected chi connectivity index (χ1v) is 10.6. The van der Waals surface area contributed by atoms with Crippen LogP contribution in [-0.2, 0) is 16.2 Å². The smallest absolute Gasteiger partial charge is 0.329 e. The van der Waals surface area contributed by atoms with E-state index in [4.69, 9.17) is 9.84 Å². The molecule has 1 fully saturated rings. The Morgan fingerprint density at radius 3 is 2.38 bits per heavy atom. The quantitative estimate of drug-likeness (QED) is 0.292. The van der Waals surface area contributed by atoms with Crippen LogP contribution in [0.15, 0.2) is 42.1 Å². The number of aryl methyl sites for hydroxylation is 1. The number of ether oxygens (including phenoxy) is 1. The van der Waals surface area contributed by atoms with Crippen molar-refractivity contribution in [3.63, 3.8) is 0 Å². The second kappa shape index (κ2) is 9.11. The number of imide groups is 1. The summed E-state index contributed by atoms with van der Waals surface area (Å²) in [7, 11) is 0. The first-order valence-electron chi connectivity index (χ1n) is 8.48. The van der Waals surface area contributed by atoms with Crippen LogP contribution in [0.3, 0.4) is 0 Å². The summed E-state index contributed by atoms with van der Waals surface area (Å²) in [6.45, 7) is 1.79. The molecule has 3 amide bonds. The molecule has 2 aromatic rings. The number of rotatable bonds is 6. The Bertz CT molecular complexity index is 995.